The molecular weight excluding hydrogens is 437 g/mol. The first-order chi connectivity index (χ1) is 12.8. The SMILES string of the molecule is CCc1cc(Br)cc(N(CC(F)(F)F)C2CCN(C(=O)OC(C)(C)C)C2)c1C. The Labute approximate surface area is 173 Å². The minimum atomic E-state index is -4.35. The topological polar surface area (TPSA) is 32.8 Å². The van der Waals surface area contributed by atoms with Crippen LogP contribution in [0.1, 0.15) is 45.2 Å². The monoisotopic (exact) mass is 464 g/mol. The molecule has 1 amide bonds. The second kappa shape index (κ2) is 8.51. The smallest absolute Gasteiger partial charge is 0.410 e. The summed E-state index contributed by atoms with van der Waals surface area (Å²) in [6.45, 7) is 8.67. The van der Waals surface area contributed by atoms with Crippen LogP contribution in [-0.4, -0.2) is 48.4 Å². The second-order valence-corrected chi connectivity index (χ2v) is 9.09. The summed E-state index contributed by atoms with van der Waals surface area (Å²) in [6.07, 6.45) is -3.64. The van der Waals surface area contributed by atoms with Gasteiger partial charge in [0.05, 0.1) is 0 Å². The summed E-state index contributed by atoms with van der Waals surface area (Å²) in [6, 6.07) is 3.25. The van der Waals surface area contributed by atoms with Crippen LogP contribution in [0.3, 0.4) is 0 Å². The van der Waals surface area contributed by atoms with Gasteiger partial charge in [0.2, 0.25) is 0 Å². The predicted molar refractivity (Wildman–Crippen MR) is 108 cm³/mol. The van der Waals surface area contributed by atoms with Crippen LogP contribution < -0.4 is 4.90 Å². The van der Waals surface area contributed by atoms with E-state index in [0.29, 0.717) is 18.7 Å². The number of aryl methyl sites for hydroxylation is 1. The summed E-state index contributed by atoms with van der Waals surface area (Å²) < 4.78 is 46.3. The molecule has 1 fully saturated rings. The minimum absolute atomic E-state index is 0.207. The average molecular weight is 465 g/mol. The highest BCUT2D eigenvalue weighted by atomic mass is 79.9. The molecule has 28 heavy (non-hydrogen) atoms. The van der Waals surface area contributed by atoms with Gasteiger partial charge in [0.15, 0.2) is 0 Å². The number of alkyl halides is 3. The Bertz CT molecular complexity index is 717. The molecule has 1 aliphatic rings. The molecule has 4 nitrogen and oxygen atoms in total. The van der Waals surface area contributed by atoms with E-state index in [1.54, 1.807) is 26.8 Å². The largest absolute Gasteiger partial charge is 0.444 e. The van der Waals surface area contributed by atoms with Crippen LogP contribution in [0.4, 0.5) is 23.7 Å². The van der Waals surface area contributed by atoms with E-state index in [1.165, 1.54) is 9.80 Å². The van der Waals surface area contributed by atoms with E-state index in [0.717, 1.165) is 22.0 Å². The van der Waals surface area contributed by atoms with Crippen LogP contribution in [0, 0.1) is 6.92 Å². The molecule has 1 atom stereocenters. The Morgan fingerprint density at radius 3 is 2.50 bits per heavy atom. The predicted octanol–water partition coefficient (Wildman–Crippen LogP) is 5.70. The number of hydrogen-bond donors (Lipinski definition) is 0. The van der Waals surface area contributed by atoms with Crippen LogP contribution in [0.15, 0.2) is 16.6 Å². The van der Waals surface area contributed by atoms with Crippen molar-refractivity contribution in [2.75, 3.05) is 24.5 Å². The Kier molecular flexibility index (Phi) is 6.94. The maximum atomic E-state index is 13.4. The molecule has 0 aliphatic carbocycles. The van der Waals surface area contributed by atoms with E-state index in [9.17, 15) is 18.0 Å². The fraction of sp³-hybridized carbons (Fsp3) is 0.650. The van der Waals surface area contributed by atoms with Crippen molar-refractivity contribution in [2.24, 2.45) is 0 Å². The van der Waals surface area contributed by atoms with Crippen molar-refractivity contribution in [3.05, 3.63) is 27.7 Å². The van der Waals surface area contributed by atoms with E-state index in [1.807, 2.05) is 19.9 Å². The van der Waals surface area contributed by atoms with Gasteiger partial charge in [0.1, 0.15) is 12.1 Å². The summed E-state index contributed by atoms with van der Waals surface area (Å²) in [7, 11) is 0. The lowest BCUT2D eigenvalue weighted by atomic mass is 10.0. The number of likely N-dealkylation sites (tertiary alicyclic amines) is 1. The summed E-state index contributed by atoms with van der Waals surface area (Å²) in [4.78, 5) is 15.2. The number of nitrogens with zero attached hydrogens (tertiary/aromatic N) is 2. The van der Waals surface area contributed by atoms with Gasteiger partial charge in [-0.05, 0) is 63.8 Å². The molecular formula is C20H28BrF3N2O2. The highest BCUT2D eigenvalue weighted by molar-refractivity contribution is 9.10. The molecule has 0 saturated carbocycles. The third-order valence-electron chi connectivity index (χ3n) is 4.75. The number of carbonyl (C=O) groups excluding carboxylic acids is 1. The number of carbonyl (C=O) groups is 1. The van der Waals surface area contributed by atoms with Crippen LogP contribution in [0.2, 0.25) is 0 Å². The lowest BCUT2D eigenvalue weighted by Crippen LogP contribution is -2.45. The lowest BCUT2D eigenvalue weighted by molar-refractivity contribution is -0.120. The van der Waals surface area contributed by atoms with Gasteiger partial charge in [0, 0.05) is 29.3 Å². The van der Waals surface area contributed by atoms with Gasteiger partial charge in [-0.1, -0.05) is 22.9 Å². The molecule has 1 unspecified atom stereocenters. The normalized spacial score (nSPS) is 17.8. The first kappa shape index (κ1) is 22.8. The van der Waals surface area contributed by atoms with Gasteiger partial charge in [0.25, 0.3) is 0 Å². The van der Waals surface area contributed by atoms with Crippen LogP contribution >= 0.6 is 15.9 Å². The van der Waals surface area contributed by atoms with Crippen molar-refractivity contribution in [3.63, 3.8) is 0 Å². The number of anilines is 1. The zero-order valence-electron chi connectivity index (χ0n) is 17.0. The number of amides is 1. The molecule has 2 rings (SSSR count). The molecule has 8 heteroatoms. The van der Waals surface area contributed by atoms with Crippen molar-refractivity contribution >= 4 is 27.7 Å². The third-order valence-corrected chi connectivity index (χ3v) is 5.21. The average Bonchev–Trinajstić information content (AvgIpc) is 3.02. The molecule has 0 radical (unpaired) electrons. The fourth-order valence-corrected chi connectivity index (χ4v) is 3.97. The molecule has 1 heterocycles. The quantitative estimate of drug-likeness (QED) is 0.572. The molecule has 1 aromatic rings. The van der Waals surface area contributed by atoms with E-state index >= 15 is 0 Å². The molecule has 0 spiro atoms. The van der Waals surface area contributed by atoms with Crippen molar-refractivity contribution < 1.29 is 22.7 Å². The highest BCUT2D eigenvalue weighted by Gasteiger charge is 2.39. The minimum Gasteiger partial charge on any atom is -0.444 e. The maximum Gasteiger partial charge on any atom is 0.410 e. The van der Waals surface area contributed by atoms with Crippen LogP contribution in [-0.2, 0) is 11.2 Å². The molecule has 1 aromatic carbocycles. The zero-order valence-corrected chi connectivity index (χ0v) is 18.6. The van der Waals surface area contributed by atoms with Crippen molar-refractivity contribution in [2.45, 2.75) is 65.3 Å². The zero-order chi connectivity index (χ0) is 21.3. The van der Waals surface area contributed by atoms with E-state index in [-0.39, 0.29) is 6.54 Å². The van der Waals surface area contributed by atoms with E-state index < -0.39 is 30.5 Å². The Morgan fingerprint density at radius 2 is 1.96 bits per heavy atom. The number of ether oxygens (including phenoxy) is 1. The van der Waals surface area contributed by atoms with Crippen molar-refractivity contribution in [1.29, 1.82) is 0 Å². The van der Waals surface area contributed by atoms with Crippen molar-refractivity contribution in [1.82, 2.24) is 4.90 Å². The van der Waals surface area contributed by atoms with Gasteiger partial charge >= 0.3 is 12.3 Å². The van der Waals surface area contributed by atoms with Crippen LogP contribution in [0.5, 0.6) is 0 Å². The molecule has 0 bridgehead atoms. The molecule has 1 saturated heterocycles. The lowest BCUT2D eigenvalue weighted by Gasteiger charge is -2.34. The van der Waals surface area contributed by atoms with Crippen molar-refractivity contribution in [3.8, 4) is 0 Å². The van der Waals surface area contributed by atoms with Gasteiger partial charge in [-0.15, -0.1) is 0 Å². The van der Waals surface area contributed by atoms with Gasteiger partial charge in [-0.3, -0.25) is 0 Å². The maximum absolute atomic E-state index is 13.4. The van der Waals surface area contributed by atoms with E-state index in [2.05, 4.69) is 15.9 Å². The van der Waals surface area contributed by atoms with E-state index in [4.69, 9.17) is 4.74 Å². The first-order valence-electron chi connectivity index (χ1n) is 9.41. The summed E-state index contributed by atoms with van der Waals surface area (Å²) in [5.74, 6) is 0. The van der Waals surface area contributed by atoms with Gasteiger partial charge < -0.3 is 14.5 Å². The molecule has 158 valence electrons. The summed E-state index contributed by atoms with van der Waals surface area (Å²) in [5, 5.41) is 0. The summed E-state index contributed by atoms with van der Waals surface area (Å²) >= 11 is 3.42. The number of halogens is 4. The second-order valence-electron chi connectivity index (χ2n) is 8.17. The van der Waals surface area contributed by atoms with Gasteiger partial charge in [-0.25, -0.2) is 4.79 Å². The molecule has 0 aromatic heterocycles. The fourth-order valence-electron chi connectivity index (χ4n) is 3.48. The first-order valence-corrected chi connectivity index (χ1v) is 10.2. The molecule has 1 aliphatic heterocycles. The highest BCUT2D eigenvalue weighted by Crippen LogP contribution is 2.34. The number of benzene rings is 1. The number of hydrogen-bond acceptors (Lipinski definition) is 3. The Morgan fingerprint density at radius 1 is 1.32 bits per heavy atom. The van der Waals surface area contributed by atoms with Gasteiger partial charge in [-0.2, -0.15) is 13.2 Å². The standard InChI is InChI=1S/C20H28BrF3N2O2/c1-6-14-9-15(21)10-17(13(14)2)26(12-20(22,23)24)16-7-8-25(11-16)18(27)28-19(3,4)5/h9-10,16H,6-8,11-12H2,1-5H3. The summed E-state index contributed by atoms with van der Waals surface area (Å²) in [5.41, 5.74) is 1.75. The van der Waals surface area contributed by atoms with Crippen LogP contribution in [0.25, 0.3) is 0 Å². The third kappa shape index (κ3) is 6.03. The number of rotatable bonds is 4. The Hall–Kier alpha value is -1.44. The molecule has 0 N–H and O–H groups in total. The Balaban J connectivity index is 2.31.